The molecule has 0 aromatic carbocycles. The van der Waals surface area contributed by atoms with Crippen LogP contribution in [0.15, 0.2) is 12.4 Å². The Morgan fingerprint density at radius 2 is 2.33 bits per heavy atom. The number of aromatic nitrogens is 2. The lowest BCUT2D eigenvalue weighted by atomic mass is 10.1. The third kappa shape index (κ3) is 3.43. The molecule has 5 heteroatoms. The number of nitrogens with one attached hydrogen (secondary N) is 2. The zero-order valence-corrected chi connectivity index (χ0v) is 9.55. The van der Waals surface area contributed by atoms with Crippen LogP contribution in [-0.4, -0.2) is 38.3 Å². The summed E-state index contributed by atoms with van der Waals surface area (Å²) in [6.45, 7) is 0.949. The number of hydrogen-bond donors (Lipinski definition) is 2. The summed E-state index contributed by atoms with van der Waals surface area (Å²) in [5, 5.41) is 3.49. The second kappa shape index (κ2) is 5.42. The predicted molar refractivity (Wildman–Crippen MR) is 61.2 cm³/mol. The van der Waals surface area contributed by atoms with Gasteiger partial charge in [0, 0.05) is 53.7 Å². The van der Waals surface area contributed by atoms with Crippen LogP contribution in [0, 0.1) is 0 Å². The van der Waals surface area contributed by atoms with E-state index in [2.05, 4.69) is 15.3 Å². The molecular weight excluding hydrogens is 210 g/mol. The molecule has 0 atom stereocenters. The van der Waals surface area contributed by atoms with Gasteiger partial charge in [-0.1, -0.05) is 0 Å². The summed E-state index contributed by atoms with van der Waals surface area (Å²) in [7, 11) is -0.555. The summed E-state index contributed by atoms with van der Waals surface area (Å²) in [6.07, 6.45) is 6.65. The average Bonchev–Trinajstić information content (AvgIpc) is 2.74. The second-order valence-corrected chi connectivity index (χ2v) is 5.56. The largest absolute Gasteiger partial charge is 0.349 e. The van der Waals surface area contributed by atoms with E-state index in [0.717, 1.165) is 43.1 Å². The van der Waals surface area contributed by atoms with Gasteiger partial charge < -0.3 is 10.3 Å². The van der Waals surface area contributed by atoms with Crippen molar-refractivity contribution in [3.05, 3.63) is 18.2 Å². The van der Waals surface area contributed by atoms with E-state index in [-0.39, 0.29) is 0 Å². The van der Waals surface area contributed by atoms with Gasteiger partial charge in [-0.05, 0) is 12.8 Å². The van der Waals surface area contributed by atoms with Crippen molar-refractivity contribution in [3.8, 4) is 0 Å². The molecule has 1 fully saturated rings. The highest BCUT2D eigenvalue weighted by Gasteiger charge is 2.16. The normalized spacial score (nSPS) is 26.7. The molecule has 2 rings (SSSR count). The first-order valence-electron chi connectivity index (χ1n) is 5.41. The maximum absolute atomic E-state index is 11.1. The number of aromatic amines is 1. The fourth-order valence-corrected chi connectivity index (χ4v) is 3.13. The van der Waals surface area contributed by atoms with Crippen molar-refractivity contribution >= 4 is 10.8 Å². The Balaban J connectivity index is 1.64. The molecule has 0 amide bonds. The van der Waals surface area contributed by atoms with Crippen molar-refractivity contribution in [3.63, 3.8) is 0 Å². The number of imidazole rings is 1. The van der Waals surface area contributed by atoms with Crippen molar-refractivity contribution in [2.45, 2.75) is 25.3 Å². The molecule has 1 aliphatic heterocycles. The zero-order valence-electron chi connectivity index (χ0n) is 8.74. The van der Waals surface area contributed by atoms with Crippen LogP contribution in [0.3, 0.4) is 0 Å². The Labute approximate surface area is 92.3 Å². The van der Waals surface area contributed by atoms with Crippen molar-refractivity contribution in [2.75, 3.05) is 18.1 Å². The summed E-state index contributed by atoms with van der Waals surface area (Å²) in [5.41, 5.74) is 0. The minimum atomic E-state index is -0.555. The van der Waals surface area contributed by atoms with E-state index >= 15 is 0 Å². The van der Waals surface area contributed by atoms with Gasteiger partial charge in [-0.3, -0.25) is 4.21 Å². The van der Waals surface area contributed by atoms with E-state index in [4.69, 9.17) is 0 Å². The molecule has 0 saturated carbocycles. The van der Waals surface area contributed by atoms with Gasteiger partial charge >= 0.3 is 0 Å². The fraction of sp³-hybridized carbons (Fsp3) is 0.700. The molecule has 1 aromatic heterocycles. The van der Waals surface area contributed by atoms with E-state index in [1.165, 1.54) is 0 Å². The van der Waals surface area contributed by atoms with Gasteiger partial charge in [-0.15, -0.1) is 0 Å². The zero-order chi connectivity index (χ0) is 10.5. The van der Waals surface area contributed by atoms with E-state index in [9.17, 15) is 4.21 Å². The molecule has 0 spiro atoms. The SMILES string of the molecule is O=S1CCC(NCCc2ncc[nH]2)CC1. The average molecular weight is 227 g/mol. The Morgan fingerprint density at radius 3 is 3.00 bits per heavy atom. The molecule has 2 N–H and O–H groups in total. The van der Waals surface area contributed by atoms with Crippen LogP contribution in [0.4, 0.5) is 0 Å². The summed E-state index contributed by atoms with van der Waals surface area (Å²) >= 11 is 0. The summed E-state index contributed by atoms with van der Waals surface area (Å²) < 4.78 is 11.1. The third-order valence-corrected chi connectivity index (χ3v) is 4.12. The lowest BCUT2D eigenvalue weighted by Crippen LogP contribution is -2.36. The van der Waals surface area contributed by atoms with Gasteiger partial charge in [0.1, 0.15) is 5.82 Å². The van der Waals surface area contributed by atoms with Crippen LogP contribution in [0.25, 0.3) is 0 Å². The maximum Gasteiger partial charge on any atom is 0.107 e. The lowest BCUT2D eigenvalue weighted by molar-refractivity contribution is 0.477. The standard InChI is InChI=1S/C10H17N3OS/c14-15-7-2-9(3-8-15)11-4-1-10-12-5-6-13-10/h5-6,9,11H,1-4,7-8H2,(H,12,13). The van der Waals surface area contributed by atoms with E-state index in [0.29, 0.717) is 6.04 Å². The van der Waals surface area contributed by atoms with Crippen LogP contribution in [0.1, 0.15) is 18.7 Å². The molecule has 2 heterocycles. The highest BCUT2D eigenvalue weighted by molar-refractivity contribution is 7.85. The molecule has 0 aliphatic carbocycles. The number of H-pyrrole nitrogens is 1. The quantitative estimate of drug-likeness (QED) is 0.785. The molecule has 84 valence electrons. The maximum atomic E-state index is 11.1. The topological polar surface area (TPSA) is 57.8 Å². The molecule has 0 radical (unpaired) electrons. The Kier molecular flexibility index (Phi) is 3.91. The van der Waals surface area contributed by atoms with Gasteiger partial charge in [-0.25, -0.2) is 4.98 Å². The smallest absolute Gasteiger partial charge is 0.107 e. The van der Waals surface area contributed by atoms with Gasteiger partial charge in [0.25, 0.3) is 0 Å². The summed E-state index contributed by atoms with van der Waals surface area (Å²) in [5.74, 6) is 2.75. The third-order valence-electron chi connectivity index (χ3n) is 2.74. The Hall–Kier alpha value is -0.680. The molecule has 1 saturated heterocycles. The van der Waals surface area contributed by atoms with Crippen LogP contribution in [0.2, 0.25) is 0 Å². The fourth-order valence-electron chi connectivity index (χ4n) is 1.83. The molecule has 4 nitrogen and oxygen atoms in total. The van der Waals surface area contributed by atoms with Crippen molar-refractivity contribution in [2.24, 2.45) is 0 Å². The number of rotatable bonds is 4. The molecule has 1 aromatic rings. The molecule has 15 heavy (non-hydrogen) atoms. The van der Waals surface area contributed by atoms with Crippen LogP contribution >= 0.6 is 0 Å². The van der Waals surface area contributed by atoms with Crippen molar-refractivity contribution in [1.82, 2.24) is 15.3 Å². The first kappa shape index (κ1) is 10.8. The van der Waals surface area contributed by atoms with Crippen molar-refractivity contribution in [1.29, 1.82) is 0 Å². The molecule has 1 aliphatic rings. The monoisotopic (exact) mass is 227 g/mol. The van der Waals surface area contributed by atoms with E-state index in [1.54, 1.807) is 6.20 Å². The van der Waals surface area contributed by atoms with Crippen LogP contribution in [-0.2, 0) is 17.2 Å². The van der Waals surface area contributed by atoms with Gasteiger partial charge in [-0.2, -0.15) is 0 Å². The van der Waals surface area contributed by atoms with Gasteiger partial charge in [0.15, 0.2) is 0 Å². The van der Waals surface area contributed by atoms with Crippen molar-refractivity contribution < 1.29 is 4.21 Å². The predicted octanol–water partition coefficient (Wildman–Crippen LogP) is 0.453. The van der Waals surface area contributed by atoms with Gasteiger partial charge in [0.2, 0.25) is 0 Å². The van der Waals surface area contributed by atoms with Gasteiger partial charge in [0.05, 0.1) is 0 Å². The summed E-state index contributed by atoms with van der Waals surface area (Å²) in [4.78, 5) is 7.25. The highest BCUT2D eigenvalue weighted by atomic mass is 32.2. The number of hydrogen-bond acceptors (Lipinski definition) is 3. The molecule has 0 unspecified atom stereocenters. The van der Waals surface area contributed by atoms with Crippen LogP contribution < -0.4 is 5.32 Å². The minimum absolute atomic E-state index is 0.553. The number of nitrogens with zero attached hydrogens (tertiary/aromatic N) is 1. The highest BCUT2D eigenvalue weighted by Crippen LogP contribution is 2.08. The molecular formula is C10H17N3OS. The van der Waals surface area contributed by atoms with Crippen LogP contribution in [0.5, 0.6) is 0 Å². The summed E-state index contributed by atoms with van der Waals surface area (Å²) in [6, 6.07) is 0.553. The first-order valence-corrected chi connectivity index (χ1v) is 6.90. The molecule has 0 bridgehead atoms. The lowest BCUT2D eigenvalue weighted by Gasteiger charge is -2.22. The minimum Gasteiger partial charge on any atom is -0.349 e. The Morgan fingerprint density at radius 1 is 1.53 bits per heavy atom. The van der Waals surface area contributed by atoms with E-state index in [1.807, 2.05) is 6.20 Å². The van der Waals surface area contributed by atoms with E-state index < -0.39 is 10.8 Å². The second-order valence-electron chi connectivity index (χ2n) is 3.86. The first-order chi connectivity index (χ1) is 7.34. The Bertz CT molecular complexity index is 302.